The lowest BCUT2D eigenvalue weighted by Crippen LogP contribution is -2.23. The molecule has 5 nitrogen and oxygen atoms in total. The van der Waals surface area contributed by atoms with Gasteiger partial charge in [-0.15, -0.1) is 0 Å². The number of H-pyrrole nitrogens is 1. The summed E-state index contributed by atoms with van der Waals surface area (Å²) in [4.78, 5) is 17.6. The lowest BCUT2D eigenvalue weighted by molar-refractivity contribution is 0.730. The normalized spacial score (nSPS) is 12.6. The molecule has 0 saturated carbocycles. The van der Waals surface area contributed by atoms with Crippen molar-refractivity contribution in [1.29, 1.82) is 0 Å². The molecule has 7 heteroatoms. The molecule has 1 N–H and O–H groups in total. The zero-order valence-electron chi connectivity index (χ0n) is 11.5. The van der Waals surface area contributed by atoms with Gasteiger partial charge in [-0.2, -0.15) is 9.97 Å². The van der Waals surface area contributed by atoms with E-state index in [-0.39, 0.29) is 11.3 Å². The second-order valence-electron chi connectivity index (χ2n) is 4.76. The van der Waals surface area contributed by atoms with Crippen LogP contribution in [0.2, 0.25) is 10.3 Å². The Morgan fingerprint density at radius 2 is 2.05 bits per heavy atom. The van der Waals surface area contributed by atoms with Crippen LogP contribution in [0.25, 0.3) is 11.2 Å². The van der Waals surface area contributed by atoms with E-state index in [0.717, 1.165) is 11.1 Å². The number of imidazole rings is 1. The van der Waals surface area contributed by atoms with E-state index < -0.39 is 0 Å². The first-order chi connectivity index (χ1) is 10.1. The zero-order valence-corrected chi connectivity index (χ0v) is 13.0. The van der Waals surface area contributed by atoms with Gasteiger partial charge in [-0.25, -0.2) is 4.98 Å². The Bertz CT molecular complexity index is 786. The number of nitrogens with zero attached hydrogens (tertiary/aromatic N) is 4. The van der Waals surface area contributed by atoms with Crippen LogP contribution in [-0.2, 0) is 0 Å². The Balaban J connectivity index is 2.03. The fourth-order valence-corrected chi connectivity index (χ4v) is 2.58. The highest BCUT2D eigenvalue weighted by molar-refractivity contribution is 6.30. The summed E-state index contributed by atoms with van der Waals surface area (Å²) in [5.74, 6) is 0.704. The van der Waals surface area contributed by atoms with E-state index in [1.807, 2.05) is 36.2 Å². The van der Waals surface area contributed by atoms with Crippen molar-refractivity contribution in [2.75, 3.05) is 11.9 Å². The van der Waals surface area contributed by atoms with Crippen LogP contribution in [0.1, 0.15) is 18.5 Å². The van der Waals surface area contributed by atoms with Crippen molar-refractivity contribution in [3.63, 3.8) is 0 Å². The molecule has 0 spiro atoms. The smallest absolute Gasteiger partial charge is 0.226 e. The van der Waals surface area contributed by atoms with Crippen LogP contribution in [-0.4, -0.2) is 27.0 Å². The number of anilines is 1. The minimum Gasteiger partial charge on any atom is -0.351 e. The lowest BCUT2D eigenvalue weighted by Gasteiger charge is -2.26. The first-order valence-electron chi connectivity index (χ1n) is 6.41. The zero-order chi connectivity index (χ0) is 15.0. The van der Waals surface area contributed by atoms with Crippen molar-refractivity contribution in [2.24, 2.45) is 0 Å². The van der Waals surface area contributed by atoms with E-state index in [9.17, 15) is 0 Å². The average Bonchev–Trinajstić information content (AvgIpc) is 2.93. The molecule has 0 radical (unpaired) electrons. The van der Waals surface area contributed by atoms with Crippen molar-refractivity contribution in [1.82, 2.24) is 19.9 Å². The Morgan fingerprint density at radius 3 is 2.81 bits per heavy atom. The molecule has 0 amide bonds. The summed E-state index contributed by atoms with van der Waals surface area (Å²) >= 11 is 12.0. The van der Waals surface area contributed by atoms with Crippen molar-refractivity contribution in [3.8, 4) is 0 Å². The van der Waals surface area contributed by atoms with E-state index in [2.05, 4.69) is 26.9 Å². The Morgan fingerprint density at radius 1 is 1.24 bits per heavy atom. The third kappa shape index (κ3) is 2.66. The van der Waals surface area contributed by atoms with Crippen LogP contribution in [0.4, 0.5) is 5.82 Å². The van der Waals surface area contributed by atoms with Gasteiger partial charge < -0.3 is 9.88 Å². The molecule has 1 atom stereocenters. The summed E-state index contributed by atoms with van der Waals surface area (Å²) < 4.78 is 0. The predicted octanol–water partition coefficient (Wildman–Crippen LogP) is 3.86. The van der Waals surface area contributed by atoms with Crippen LogP contribution in [0.5, 0.6) is 0 Å². The average molecular weight is 322 g/mol. The molecule has 0 aliphatic rings. The molecule has 3 rings (SSSR count). The van der Waals surface area contributed by atoms with Gasteiger partial charge in [0, 0.05) is 12.1 Å². The fraction of sp³-hybridized carbons (Fsp3) is 0.214. The molecule has 0 bridgehead atoms. The predicted molar refractivity (Wildman–Crippen MR) is 85.0 cm³/mol. The summed E-state index contributed by atoms with van der Waals surface area (Å²) in [5, 5.41) is 0.884. The summed E-state index contributed by atoms with van der Waals surface area (Å²) in [5.41, 5.74) is 2.40. The number of hydrogen-bond acceptors (Lipinski definition) is 4. The molecule has 0 aliphatic heterocycles. The lowest BCUT2D eigenvalue weighted by atomic mass is 10.1. The second kappa shape index (κ2) is 5.50. The molecular weight excluding hydrogens is 309 g/mol. The van der Waals surface area contributed by atoms with E-state index in [0.29, 0.717) is 16.5 Å². The first kappa shape index (κ1) is 14.1. The molecule has 1 aromatic carbocycles. The quantitative estimate of drug-likeness (QED) is 0.744. The molecule has 21 heavy (non-hydrogen) atoms. The minimum atomic E-state index is 0.0705. The number of hydrogen-bond donors (Lipinski definition) is 1. The highest BCUT2D eigenvalue weighted by Crippen LogP contribution is 2.29. The molecule has 2 aromatic heterocycles. The maximum atomic E-state index is 6.06. The largest absolute Gasteiger partial charge is 0.351 e. The summed E-state index contributed by atoms with van der Waals surface area (Å²) in [6.45, 7) is 2.07. The molecule has 3 aromatic rings. The summed E-state index contributed by atoms with van der Waals surface area (Å²) in [7, 11) is 1.95. The number of aromatic nitrogens is 4. The number of nitrogens with one attached hydrogen (secondary N) is 1. The van der Waals surface area contributed by atoms with Gasteiger partial charge in [-0.1, -0.05) is 23.7 Å². The molecule has 0 aliphatic carbocycles. The van der Waals surface area contributed by atoms with Crippen molar-refractivity contribution < 1.29 is 0 Å². The third-order valence-electron chi connectivity index (χ3n) is 3.49. The van der Waals surface area contributed by atoms with Crippen LogP contribution in [0, 0.1) is 0 Å². The van der Waals surface area contributed by atoms with Crippen molar-refractivity contribution >= 4 is 40.2 Å². The van der Waals surface area contributed by atoms with Gasteiger partial charge >= 0.3 is 0 Å². The number of benzene rings is 1. The van der Waals surface area contributed by atoms with Gasteiger partial charge in [0.25, 0.3) is 0 Å². The van der Waals surface area contributed by atoms with Gasteiger partial charge in [0.2, 0.25) is 5.28 Å². The van der Waals surface area contributed by atoms with Gasteiger partial charge in [0.15, 0.2) is 11.5 Å². The van der Waals surface area contributed by atoms with Crippen LogP contribution >= 0.6 is 23.2 Å². The highest BCUT2D eigenvalue weighted by atomic mass is 35.5. The molecule has 0 saturated heterocycles. The molecule has 0 fully saturated rings. The third-order valence-corrected chi connectivity index (χ3v) is 3.89. The minimum absolute atomic E-state index is 0.0705. The SMILES string of the molecule is CC(c1cccc(Cl)c1)N(C)c1nc(Cl)nc2nc[nH]c12. The fourth-order valence-electron chi connectivity index (χ4n) is 2.22. The van der Waals surface area contributed by atoms with Gasteiger partial charge in [-0.3, -0.25) is 0 Å². The monoisotopic (exact) mass is 321 g/mol. The topological polar surface area (TPSA) is 57.7 Å². The molecule has 1 unspecified atom stereocenters. The van der Waals surface area contributed by atoms with Crippen molar-refractivity contribution in [3.05, 3.63) is 46.5 Å². The van der Waals surface area contributed by atoms with Crippen LogP contribution in [0.3, 0.4) is 0 Å². The van der Waals surface area contributed by atoms with Gasteiger partial charge in [0.1, 0.15) is 5.52 Å². The Hall–Kier alpha value is -1.85. The van der Waals surface area contributed by atoms with E-state index >= 15 is 0 Å². The number of aromatic amines is 1. The maximum Gasteiger partial charge on any atom is 0.226 e. The highest BCUT2D eigenvalue weighted by Gasteiger charge is 2.18. The first-order valence-corrected chi connectivity index (χ1v) is 7.17. The standard InChI is InChI=1S/C14H13Cl2N5/c1-8(9-4-3-5-10(15)6-9)21(2)13-11-12(18-7-17-11)19-14(16)20-13/h3-8H,1-2H3,(H,17,18,19,20). The van der Waals surface area contributed by atoms with E-state index in [4.69, 9.17) is 23.2 Å². The van der Waals surface area contributed by atoms with Crippen LogP contribution < -0.4 is 4.90 Å². The van der Waals surface area contributed by atoms with Gasteiger partial charge in [0.05, 0.1) is 12.4 Å². The maximum absolute atomic E-state index is 6.06. The molecule has 108 valence electrons. The van der Waals surface area contributed by atoms with Crippen molar-refractivity contribution in [2.45, 2.75) is 13.0 Å². The second-order valence-corrected chi connectivity index (χ2v) is 5.53. The van der Waals surface area contributed by atoms with E-state index in [1.165, 1.54) is 0 Å². The number of halogens is 2. The molecular formula is C14H13Cl2N5. The van der Waals surface area contributed by atoms with Crippen LogP contribution in [0.15, 0.2) is 30.6 Å². The van der Waals surface area contributed by atoms with Gasteiger partial charge in [-0.05, 0) is 36.2 Å². The van der Waals surface area contributed by atoms with E-state index in [1.54, 1.807) is 6.33 Å². The molecule has 2 heterocycles. The Labute approximate surface area is 131 Å². The number of rotatable bonds is 3. The number of fused-ring (bicyclic) bond motifs is 1. The summed E-state index contributed by atoms with van der Waals surface area (Å²) in [6, 6.07) is 7.82. The Kier molecular flexibility index (Phi) is 3.69. The summed E-state index contributed by atoms with van der Waals surface area (Å²) in [6.07, 6.45) is 1.58.